The molecule has 0 bridgehead atoms. The summed E-state index contributed by atoms with van der Waals surface area (Å²) in [5.41, 5.74) is 0.211. The molecule has 1 aromatic carbocycles. The van der Waals surface area contributed by atoms with Crippen LogP contribution in [0.4, 0.5) is 0 Å². The summed E-state index contributed by atoms with van der Waals surface area (Å²) in [5, 5.41) is 9.62. The lowest BCUT2D eigenvalue weighted by molar-refractivity contribution is -0.136. The number of phenolic OH excluding ortho intramolecular Hbond substituents is 1. The van der Waals surface area contributed by atoms with Crippen LogP contribution in [0.1, 0.15) is 37.6 Å². The zero-order chi connectivity index (χ0) is 13.9. The first kappa shape index (κ1) is 14.9. The van der Waals surface area contributed by atoms with E-state index >= 15 is 0 Å². The molecule has 0 aliphatic carbocycles. The number of phenols is 1. The Morgan fingerprint density at radius 3 is 2.50 bits per heavy atom. The highest BCUT2D eigenvalue weighted by Crippen LogP contribution is 2.28. The van der Waals surface area contributed by atoms with Crippen LogP contribution in [0.2, 0.25) is 0 Å². The summed E-state index contributed by atoms with van der Waals surface area (Å²) in [6.45, 7) is 5.03. The van der Waals surface area contributed by atoms with E-state index in [1.54, 1.807) is 6.92 Å². The van der Waals surface area contributed by atoms with Gasteiger partial charge in [-0.25, -0.2) is 0 Å². The lowest BCUT2D eigenvalue weighted by atomic mass is 10.1. The maximum atomic E-state index is 11.8. The molecule has 0 saturated heterocycles. The van der Waals surface area contributed by atoms with Gasteiger partial charge >= 0.3 is 5.97 Å². The van der Waals surface area contributed by atoms with Crippen molar-refractivity contribution in [2.45, 2.75) is 30.6 Å². The average Bonchev–Trinajstić information content (AvgIpc) is 2.28. The third-order valence-corrected chi connectivity index (χ3v) is 3.85. The SMILES string of the molecule is CCC(C)(I)C(=O)Oc1ccc(C(C)=O)c(O)c1. The summed E-state index contributed by atoms with van der Waals surface area (Å²) in [5.74, 6) is -0.559. The number of carbonyl (C=O) groups excluding carboxylic acids is 2. The highest BCUT2D eigenvalue weighted by molar-refractivity contribution is 14.1. The molecule has 0 heterocycles. The molecule has 0 aliphatic rings. The summed E-state index contributed by atoms with van der Waals surface area (Å²) in [7, 11) is 0. The third kappa shape index (κ3) is 3.44. The molecule has 98 valence electrons. The van der Waals surface area contributed by atoms with E-state index in [0.29, 0.717) is 6.42 Å². The second kappa shape index (κ2) is 5.69. The van der Waals surface area contributed by atoms with Gasteiger partial charge in [-0.15, -0.1) is 0 Å². The Balaban J connectivity index is 2.91. The van der Waals surface area contributed by atoms with Crippen molar-refractivity contribution in [1.29, 1.82) is 0 Å². The molecule has 5 heteroatoms. The number of ether oxygens (including phenoxy) is 1. The van der Waals surface area contributed by atoms with Crippen LogP contribution in [0.5, 0.6) is 11.5 Å². The summed E-state index contributed by atoms with van der Waals surface area (Å²) in [6, 6.07) is 4.21. The van der Waals surface area contributed by atoms with E-state index < -0.39 is 3.42 Å². The van der Waals surface area contributed by atoms with Gasteiger partial charge in [0.2, 0.25) is 0 Å². The predicted molar refractivity (Wildman–Crippen MR) is 76.5 cm³/mol. The predicted octanol–water partition coefficient (Wildman–Crippen LogP) is 3.10. The van der Waals surface area contributed by atoms with Gasteiger partial charge in [0.1, 0.15) is 14.9 Å². The number of carbonyl (C=O) groups is 2. The lowest BCUT2D eigenvalue weighted by Crippen LogP contribution is -2.31. The first-order valence-electron chi connectivity index (χ1n) is 5.53. The topological polar surface area (TPSA) is 63.6 Å². The van der Waals surface area contributed by atoms with Gasteiger partial charge in [0.15, 0.2) is 5.78 Å². The fourth-order valence-electron chi connectivity index (χ4n) is 1.23. The summed E-state index contributed by atoms with van der Waals surface area (Å²) in [6.07, 6.45) is 0.643. The molecule has 1 N–H and O–H groups in total. The fourth-order valence-corrected chi connectivity index (χ4v) is 1.34. The van der Waals surface area contributed by atoms with Crippen LogP contribution in [0.15, 0.2) is 18.2 Å². The molecule has 1 unspecified atom stereocenters. The van der Waals surface area contributed by atoms with Gasteiger partial charge < -0.3 is 9.84 Å². The highest BCUT2D eigenvalue weighted by atomic mass is 127. The number of benzene rings is 1. The summed E-state index contributed by atoms with van der Waals surface area (Å²) >= 11 is 2.03. The van der Waals surface area contributed by atoms with E-state index in [4.69, 9.17) is 4.74 Å². The number of rotatable bonds is 4. The van der Waals surface area contributed by atoms with E-state index in [-0.39, 0.29) is 28.8 Å². The van der Waals surface area contributed by atoms with Gasteiger partial charge in [-0.1, -0.05) is 29.5 Å². The molecule has 0 fully saturated rings. The third-order valence-electron chi connectivity index (χ3n) is 2.65. The maximum absolute atomic E-state index is 11.8. The fraction of sp³-hybridized carbons (Fsp3) is 0.385. The molecule has 1 atom stereocenters. The van der Waals surface area contributed by atoms with Crippen molar-refractivity contribution in [3.63, 3.8) is 0 Å². The van der Waals surface area contributed by atoms with Crippen LogP contribution >= 0.6 is 22.6 Å². The molecule has 0 radical (unpaired) electrons. The normalized spacial score (nSPS) is 13.8. The van der Waals surface area contributed by atoms with Crippen molar-refractivity contribution < 1.29 is 19.4 Å². The van der Waals surface area contributed by atoms with Crippen molar-refractivity contribution in [2.75, 3.05) is 0 Å². The van der Waals surface area contributed by atoms with E-state index in [2.05, 4.69) is 0 Å². The van der Waals surface area contributed by atoms with Crippen molar-refractivity contribution >= 4 is 34.3 Å². The minimum Gasteiger partial charge on any atom is -0.507 e. The van der Waals surface area contributed by atoms with Gasteiger partial charge in [-0.3, -0.25) is 9.59 Å². The molecule has 1 aromatic rings. The van der Waals surface area contributed by atoms with Crippen molar-refractivity contribution in [3.05, 3.63) is 23.8 Å². The first-order chi connectivity index (χ1) is 8.27. The Labute approximate surface area is 119 Å². The Hall–Kier alpha value is -1.11. The number of alkyl halides is 1. The standard InChI is InChI=1S/C13H15IO4/c1-4-13(3,14)12(17)18-9-5-6-10(8(2)15)11(16)7-9/h5-7,16H,4H2,1-3H3. The second-order valence-electron chi connectivity index (χ2n) is 4.18. The van der Waals surface area contributed by atoms with E-state index in [9.17, 15) is 14.7 Å². The van der Waals surface area contributed by atoms with E-state index in [1.165, 1.54) is 25.1 Å². The molecular formula is C13H15IO4. The van der Waals surface area contributed by atoms with Crippen LogP contribution in [-0.4, -0.2) is 20.3 Å². The lowest BCUT2D eigenvalue weighted by Gasteiger charge is -2.18. The Kier molecular flexibility index (Phi) is 4.72. The number of hydrogen-bond acceptors (Lipinski definition) is 4. The number of ketones is 1. The van der Waals surface area contributed by atoms with Crippen LogP contribution in [0.25, 0.3) is 0 Å². The van der Waals surface area contributed by atoms with Gasteiger partial charge in [0, 0.05) is 6.07 Å². The van der Waals surface area contributed by atoms with Crippen LogP contribution in [0, 0.1) is 0 Å². The molecule has 4 nitrogen and oxygen atoms in total. The Bertz CT molecular complexity index is 480. The molecule has 1 rings (SSSR count). The van der Waals surface area contributed by atoms with Gasteiger partial charge in [-0.2, -0.15) is 0 Å². The minimum absolute atomic E-state index is 0.181. The monoisotopic (exact) mass is 362 g/mol. The smallest absolute Gasteiger partial charge is 0.327 e. The zero-order valence-electron chi connectivity index (χ0n) is 10.5. The molecule has 0 aliphatic heterocycles. The first-order valence-corrected chi connectivity index (χ1v) is 6.61. The van der Waals surface area contributed by atoms with Gasteiger partial charge in [0.25, 0.3) is 0 Å². The van der Waals surface area contributed by atoms with Crippen LogP contribution in [-0.2, 0) is 4.79 Å². The molecule has 18 heavy (non-hydrogen) atoms. The Morgan fingerprint density at radius 1 is 1.44 bits per heavy atom. The van der Waals surface area contributed by atoms with Crippen LogP contribution in [0.3, 0.4) is 0 Å². The van der Waals surface area contributed by atoms with E-state index in [0.717, 1.165) is 0 Å². The van der Waals surface area contributed by atoms with Crippen molar-refractivity contribution in [2.24, 2.45) is 0 Å². The summed E-state index contributed by atoms with van der Waals surface area (Å²) in [4.78, 5) is 23.0. The average molecular weight is 362 g/mol. The van der Waals surface area contributed by atoms with Gasteiger partial charge in [0.05, 0.1) is 5.56 Å². The number of Topliss-reactive ketones (excluding diaryl/α,β-unsaturated/α-hetero) is 1. The number of aromatic hydroxyl groups is 1. The van der Waals surface area contributed by atoms with Crippen molar-refractivity contribution in [3.8, 4) is 11.5 Å². The van der Waals surface area contributed by atoms with Crippen LogP contribution < -0.4 is 4.74 Å². The second-order valence-corrected chi connectivity index (χ2v) is 6.56. The quantitative estimate of drug-likeness (QED) is 0.294. The highest BCUT2D eigenvalue weighted by Gasteiger charge is 2.30. The number of hydrogen-bond donors (Lipinski definition) is 1. The number of esters is 1. The molecule has 0 saturated carbocycles. The van der Waals surface area contributed by atoms with E-state index in [1.807, 2.05) is 29.5 Å². The minimum atomic E-state index is -0.605. The molecule has 0 spiro atoms. The van der Waals surface area contributed by atoms with Gasteiger partial charge in [-0.05, 0) is 32.4 Å². The molecular weight excluding hydrogens is 347 g/mol. The molecule has 0 aromatic heterocycles. The maximum Gasteiger partial charge on any atom is 0.327 e. The van der Waals surface area contributed by atoms with Crippen molar-refractivity contribution in [1.82, 2.24) is 0 Å². The zero-order valence-corrected chi connectivity index (χ0v) is 12.6. The largest absolute Gasteiger partial charge is 0.507 e. The summed E-state index contributed by atoms with van der Waals surface area (Å²) < 4.78 is 4.56. The molecule has 0 amide bonds. The Morgan fingerprint density at radius 2 is 2.06 bits per heavy atom. The number of halogens is 1.